The van der Waals surface area contributed by atoms with Crippen molar-refractivity contribution in [3.63, 3.8) is 0 Å². The topological polar surface area (TPSA) is 70.4 Å². The molecule has 1 aromatic carbocycles. The normalized spacial score (nSPS) is 13.2. The molecule has 0 unspecified atom stereocenters. The summed E-state index contributed by atoms with van der Waals surface area (Å²) in [4.78, 5) is 24.9. The molecule has 0 bridgehead atoms. The van der Waals surface area contributed by atoms with Crippen LogP contribution in [0.25, 0.3) is 0 Å². The second-order valence-corrected chi connectivity index (χ2v) is 7.02. The monoisotopic (exact) mass is 374 g/mol. The van der Waals surface area contributed by atoms with Crippen LogP contribution in [-0.4, -0.2) is 35.4 Å². The molecule has 0 saturated heterocycles. The lowest BCUT2D eigenvalue weighted by Crippen LogP contribution is -2.14. The SMILES string of the molecule is CCOC(=O)c1ccc(SCc2nn3c(c2C(=O)OC)CCCC3)cc1. The Hall–Kier alpha value is -2.28. The summed E-state index contributed by atoms with van der Waals surface area (Å²) in [6.07, 6.45) is 3.01. The molecular formula is C19H22N2O4S. The van der Waals surface area contributed by atoms with E-state index in [9.17, 15) is 9.59 Å². The molecule has 138 valence electrons. The van der Waals surface area contributed by atoms with E-state index in [-0.39, 0.29) is 11.9 Å². The molecule has 0 spiro atoms. The predicted molar refractivity (Wildman–Crippen MR) is 98.5 cm³/mol. The zero-order chi connectivity index (χ0) is 18.5. The van der Waals surface area contributed by atoms with E-state index >= 15 is 0 Å². The number of thioether (sulfide) groups is 1. The van der Waals surface area contributed by atoms with Crippen molar-refractivity contribution in [3.05, 3.63) is 46.8 Å². The molecule has 1 aromatic heterocycles. The third-order valence-corrected chi connectivity index (χ3v) is 5.32. The van der Waals surface area contributed by atoms with Gasteiger partial charge in [-0.05, 0) is 50.5 Å². The molecule has 3 rings (SSSR count). The number of aromatic nitrogens is 2. The summed E-state index contributed by atoms with van der Waals surface area (Å²) in [6, 6.07) is 7.26. The number of nitrogens with zero attached hydrogens (tertiary/aromatic N) is 2. The van der Waals surface area contributed by atoms with E-state index in [0.29, 0.717) is 23.5 Å². The van der Waals surface area contributed by atoms with Crippen LogP contribution >= 0.6 is 11.8 Å². The fourth-order valence-corrected chi connectivity index (χ4v) is 3.87. The summed E-state index contributed by atoms with van der Waals surface area (Å²) >= 11 is 1.58. The fourth-order valence-electron chi connectivity index (χ4n) is 3.04. The second-order valence-electron chi connectivity index (χ2n) is 5.97. The Labute approximate surface area is 156 Å². The van der Waals surface area contributed by atoms with Crippen LogP contribution in [0, 0.1) is 0 Å². The Morgan fingerprint density at radius 2 is 1.96 bits per heavy atom. The minimum Gasteiger partial charge on any atom is -0.465 e. The van der Waals surface area contributed by atoms with Crippen LogP contribution in [-0.2, 0) is 28.2 Å². The number of carbonyl (C=O) groups is 2. The summed E-state index contributed by atoms with van der Waals surface area (Å²) in [5, 5.41) is 4.63. The average Bonchev–Trinajstić information content (AvgIpc) is 3.04. The maximum absolute atomic E-state index is 12.2. The van der Waals surface area contributed by atoms with Gasteiger partial charge >= 0.3 is 11.9 Å². The number of hydrogen-bond donors (Lipinski definition) is 0. The Kier molecular flexibility index (Phi) is 5.98. The van der Waals surface area contributed by atoms with E-state index in [4.69, 9.17) is 9.47 Å². The standard InChI is InChI=1S/C19H22N2O4S/c1-3-25-18(22)13-7-9-14(10-8-13)26-12-15-17(19(23)24-2)16-6-4-5-11-21(16)20-15/h7-10H,3-6,11-12H2,1-2H3. The van der Waals surface area contributed by atoms with Crippen molar-refractivity contribution >= 4 is 23.7 Å². The molecule has 2 aromatic rings. The third-order valence-electron chi connectivity index (χ3n) is 4.29. The van der Waals surface area contributed by atoms with Gasteiger partial charge in [0.25, 0.3) is 0 Å². The van der Waals surface area contributed by atoms with E-state index in [1.165, 1.54) is 7.11 Å². The first-order valence-electron chi connectivity index (χ1n) is 8.71. The van der Waals surface area contributed by atoms with Gasteiger partial charge in [-0.25, -0.2) is 9.59 Å². The minimum atomic E-state index is -0.321. The number of fused-ring (bicyclic) bond motifs is 1. The van der Waals surface area contributed by atoms with Gasteiger partial charge in [0, 0.05) is 17.2 Å². The largest absolute Gasteiger partial charge is 0.465 e. The Morgan fingerprint density at radius 3 is 2.65 bits per heavy atom. The molecule has 0 saturated carbocycles. The summed E-state index contributed by atoms with van der Waals surface area (Å²) in [6.45, 7) is 2.99. The molecule has 0 aliphatic carbocycles. The van der Waals surface area contributed by atoms with Gasteiger partial charge in [0.05, 0.1) is 30.7 Å². The van der Waals surface area contributed by atoms with Crippen LogP contribution in [0.2, 0.25) is 0 Å². The van der Waals surface area contributed by atoms with E-state index in [1.807, 2.05) is 16.8 Å². The lowest BCUT2D eigenvalue weighted by molar-refractivity contribution is 0.0525. The summed E-state index contributed by atoms with van der Waals surface area (Å²) in [7, 11) is 1.40. The van der Waals surface area contributed by atoms with Crippen molar-refractivity contribution in [1.29, 1.82) is 0 Å². The highest BCUT2D eigenvalue weighted by Crippen LogP contribution is 2.28. The molecule has 7 heteroatoms. The van der Waals surface area contributed by atoms with Gasteiger partial charge in [-0.3, -0.25) is 4.68 Å². The Bertz CT molecular complexity index is 799. The van der Waals surface area contributed by atoms with Gasteiger partial charge in [-0.1, -0.05) is 0 Å². The number of ether oxygens (including phenoxy) is 2. The van der Waals surface area contributed by atoms with Crippen molar-refractivity contribution in [2.75, 3.05) is 13.7 Å². The molecule has 0 radical (unpaired) electrons. The van der Waals surface area contributed by atoms with Crippen LogP contribution in [0.1, 0.15) is 51.9 Å². The van der Waals surface area contributed by atoms with Crippen LogP contribution in [0.15, 0.2) is 29.2 Å². The highest BCUT2D eigenvalue weighted by Gasteiger charge is 2.25. The van der Waals surface area contributed by atoms with Crippen molar-refractivity contribution in [2.45, 2.75) is 43.4 Å². The number of aryl methyl sites for hydroxylation is 1. The third kappa shape index (κ3) is 3.93. The summed E-state index contributed by atoms with van der Waals surface area (Å²) < 4.78 is 11.9. The maximum atomic E-state index is 12.2. The van der Waals surface area contributed by atoms with Gasteiger partial charge in [0.15, 0.2) is 0 Å². The van der Waals surface area contributed by atoms with E-state index in [1.54, 1.807) is 30.8 Å². The number of carbonyl (C=O) groups excluding carboxylic acids is 2. The molecule has 26 heavy (non-hydrogen) atoms. The van der Waals surface area contributed by atoms with Crippen LogP contribution < -0.4 is 0 Å². The molecule has 6 nitrogen and oxygen atoms in total. The summed E-state index contributed by atoms with van der Waals surface area (Å²) in [5.41, 5.74) is 2.89. The van der Waals surface area contributed by atoms with Crippen LogP contribution in [0.4, 0.5) is 0 Å². The summed E-state index contributed by atoms with van der Waals surface area (Å²) in [5.74, 6) is -0.0661. The molecule has 0 fully saturated rings. The molecule has 0 N–H and O–H groups in total. The number of benzene rings is 1. The lowest BCUT2D eigenvalue weighted by atomic mass is 10.1. The van der Waals surface area contributed by atoms with Gasteiger partial charge in [-0.15, -0.1) is 11.8 Å². The molecule has 1 aliphatic heterocycles. The number of methoxy groups -OCH3 is 1. The van der Waals surface area contributed by atoms with Gasteiger partial charge in [0.2, 0.25) is 0 Å². The van der Waals surface area contributed by atoms with Crippen molar-refractivity contribution < 1.29 is 19.1 Å². The first-order chi connectivity index (χ1) is 12.6. The smallest absolute Gasteiger partial charge is 0.341 e. The predicted octanol–water partition coefficient (Wildman–Crippen LogP) is 3.48. The molecule has 2 heterocycles. The second kappa shape index (κ2) is 8.40. The first kappa shape index (κ1) is 18.5. The van der Waals surface area contributed by atoms with Crippen LogP contribution in [0.3, 0.4) is 0 Å². The molecule has 1 aliphatic rings. The van der Waals surface area contributed by atoms with E-state index in [2.05, 4.69) is 5.10 Å². The molecule has 0 atom stereocenters. The van der Waals surface area contributed by atoms with Gasteiger partial charge in [0.1, 0.15) is 5.56 Å². The zero-order valence-electron chi connectivity index (χ0n) is 15.0. The van der Waals surface area contributed by atoms with Gasteiger partial charge < -0.3 is 9.47 Å². The lowest BCUT2D eigenvalue weighted by Gasteiger charge is -2.13. The van der Waals surface area contributed by atoms with Crippen molar-refractivity contribution in [3.8, 4) is 0 Å². The molecular weight excluding hydrogens is 352 g/mol. The number of esters is 2. The number of rotatable bonds is 6. The average molecular weight is 374 g/mol. The first-order valence-corrected chi connectivity index (χ1v) is 9.69. The quantitative estimate of drug-likeness (QED) is 0.569. The Morgan fingerprint density at radius 1 is 1.19 bits per heavy atom. The van der Waals surface area contributed by atoms with Crippen molar-refractivity contribution in [2.24, 2.45) is 0 Å². The van der Waals surface area contributed by atoms with E-state index in [0.717, 1.165) is 42.1 Å². The van der Waals surface area contributed by atoms with Crippen LogP contribution in [0.5, 0.6) is 0 Å². The maximum Gasteiger partial charge on any atom is 0.341 e. The highest BCUT2D eigenvalue weighted by atomic mass is 32.2. The Balaban J connectivity index is 1.74. The highest BCUT2D eigenvalue weighted by molar-refractivity contribution is 7.98. The minimum absolute atomic E-state index is 0.318. The number of hydrogen-bond acceptors (Lipinski definition) is 6. The van der Waals surface area contributed by atoms with Gasteiger partial charge in [-0.2, -0.15) is 5.10 Å². The molecule has 0 amide bonds. The van der Waals surface area contributed by atoms with E-state index < -0.39 is 0 Å². The zero-order valence-corrected chi connectivity index (χ0v) is 15.8. The fraction of sp³-hybridized carbons (Fsp3) is 0.421. The van der Waals surface area contributed by atoms with Crippen molar-refractivity contribution in [1.82, 2.24) is 9.78 Å².